The normalized spacial score (nSPS) is 17.9. The van der Waals surface area contributed by atoms with Crippen molar-refractivity contribution in [3.05, 3.63) is 71.8 Å². The van der Waals surface area contributed by atoms with Crippen molar-refractivity contribution in [3.63, 3.8) is 0 Å². The first-order valence-corrected chi connectivity index (χ1v) is 12.6. The predicted molar refractivity (Wildman–Crippen MR) is 145 cm³/mol. The molecule has 0 aliphatic heterocycles. The molecule has 5 nitrogen and oxygen atoms in total. The first-order chi connectivity index (χ1) is 16.8. The van der Waals surface area contributed by atoms with E-state index in [9.17, 15) is 4.39 Å². The summed E-state index contributed by atoms with van der Waals surface area (Å²) in [6.07, 6.45) is 11.3. The van der Waals surface area contributed by atoms with Crippen LogP contribution in [-0.2, 0) is 6.54 Å². The summed E-state index contributed by atoms with van der Waals surface area (Å²) in [5.41, 5.74) is 10.3. The minimum atomic E-state index is -0.294. The van der Waals surface area contributed by atoms with E-state index in [0.29, 0.717) is 12.6 Å². The number of anilines is 2. The molecule has 2 aromatic rings. The van der Waals surface area contributed by atoms with Gasteiger partial charge in [-0.05, 0) is 85.8 Å². The van der Waals surface area contributed by atoms with E-state index in [1.54, 1.807) is 12.3 Å². The van der Waals surface area contributed by atoms with Crippen molar-refractivity contribution in [3.8, 4) is 0 Å². The Morgan fingerprint density at radius 2 is 2.03 bits per heavy atom. The lowest BCUT2D eigenvalue weighted by Gasteiger charge is -2.29. The fourth-order valence-electron chi connectivity index (χ4n) is 4.45. The minimum absolute atomic E-state index is 0.201. The van der Waals surface area contributed by atoms with Gasteiger partial charge in [-0.1, -0.05) is 13.0 Å². The molecule has 1 atom stereocenters. The van der Waals surface area contributed by atoms with Crippen LogP contribution < -0.4 is 16.0 Å². The molecule has 6 heteroatoms. The number of nitrogens with zero attached hydrogens (tertiary/aromatic N) is 3. The summed E-state index contributed by atoms with van der Waals surface area (Å²) in [6, 6.07) is 9.54. The maximum atomic E-state index is 14.4. The zero-order valence-corrected chi connectivity index (χ0v) is 21.2. The van der Waals surface area contributed by atoms with Gasteiger partial charge >= 0.3 is 0 Å². The molecule has 1 heterocycles. The van der Waals surface area contributed by atoms with Crippen LogP contribution in [0.1, 0.15) is 55.8 Å². The van der Waals surface area contributed by atoms with Gasteiger partial charge in [0.1, 0.15) is 11.6 Å². The Bertz CT molecular complexity index is 1120. The minimum Gasteiger partial charge on any atom is -0.404 e. The van der Waals surface area contributed by atoms with Crippen molar-refractivity contribution in [2.75, 3.05) is 23.8 Å². The van der Waals surface area contributed by atoms with Crippen molar-refractivity contribution < 1.29 is 4.39 Å². The number of aromatic nitrogens is 1. The van der Waals surface area contributed by atoms with Crippen LogP contribution in [0.3, 0.4) is 0 Å². The second-order valence-electron chi connectivity index (χ2n) is 10.3. The third-order valence-corrected chi connectivity index (χ3v) is 7.26. The van der Waals surface area contributed by atoms with E-state index in [4.69, 9.17) is 5.73 Å². The third-order valence-electron chi connectivity index (χ3n) is 7.26. The number of allylic oxidation sites excluding steroid dienone is 2. The molecule has 35 heavy (non-hydrogen) atoms. The number of rotatable bonds is 12. The highest BCUT2D eigenvalue weighted by molar-refractivity contribution is 6.09. The Morgan fingerprint density at radius 1 is 1.26 bits per heavy atom. The highest BCUT2D eigenvalue weighted by Crippen LogP contribution is 2.48. The molecule has 0 bridgehead atoms. The van der Waals surface area contributed by atoms with Gasteiger partial charge in [-0.2, -0.15) is 0 Å². The van der Waals surface area contributed by atoms with Crippen molar-refractivity contribution in [1.29, 1.82) is 0 Å². The van der Waals surface area contributed by atoms with Gasteiger partial charge in [-0.3, -0.25) is 4.99 Å². The fourth-order valence-corrected chi connectivity index (χ4v) is 4.45. The van der Waals surface area contributed by atoms with E-state index in [-0.39, 0.29) is 11.2 Å². The first kappa shape index (κ1) is 25.0. The lowest BCUT2D eigenvalue weighted by molar-refractivity contribution is 0.340. The highest BCUT2D eigenvalue weighted by atomic mass is 19.1. The number of nitrogens with one attached hydrogen (secondary N) is 1. The monoisotopic (exact) mass is 475 g/mol. The smallest absolute Gasteiger partial charge is 0.128 e. The first-order valence-electron chi connectivity index (χ1n) is 12.6. The van der Waals surface area contributed by atoms with E-state index in [2.05, 4.69) is 59.0 Å². The molecule has 1 unspecified atom stereocenters. The Hall–Kier alpha value is -3.15. The van der Waals surface area contributed by atoms with Gasteiger partial charge in [-0.15, -0.1) is 6.58 Å². The molecular formula is C29H38FN5. The summed E-state index contributed by atoms with van der Waals surface area (Å²) in [5.74, 6) is 1.25. The lowest BCUT2D eigenvalue weighted by atomic mass is 9.81. The Morgan fingerprint density at radius 3 is 2.69 bits per heavy atom. The third kappa shape index (κ3) is 6.71. The number of benzene rings is 1. The van der Waals surface area contributed by atoms with Crippen LogP contribution in [0, 0.1) is 24.1 Å². The molecule has 0 saturated heterocycles. The van der Waals surface area contributed by atoms with Gasteiger partial charge in [0, 0.05) is 55.6 Å². The standard InChI is InChI=1S/C29H38FN5/c1-5-29(3,24-6-7-24)10-11-35(4)27-12-20(2)34-28(16-27)33-18-21-13-22(15-25(30)14-21)23(17-31)19-32-26-8-9-26/h5,12-17,19,24,26H,1,6-11,18,31H2,2-4H3,(H,33,34). The van der Waals surface area contributed by atoms with Crippen LogP contribution in [0.4, 0.5) is 15.9 Å². The summed E-state index contributed by atoms with van der Waals surface area (Å²) in [5, 5.41) is 3.38. The maximum absolute atomic E-state index is 14.4. The van der Waals surface area contributed by atoms with Gasteiger partial charge in [0.2, 0.25) is 0 Å². The summed E-state index contributed by atoms with van der Waals surface area (Å²) < 4.78 is 14.4. The molecule has 186 valence electrons. The molecule has 0 amide bonds. The summed E-state index contributed by atoms with van der Waals surface area (Å²) >= 11 is 0. The summed E-state index contributed by atoms with van der Waals surface area (Å²) in [6.45, 7) is 9.82. The Balaban J connectivity index is 1.42. The SMILES string of the molecule is C=CC(C)(CCN(C)c1cc(C)nc(NCc2cc(F)cc(C(C=NC3CC3)=CN)c2)c1)C1CC1. The number of aliphatic imine (C=N–C) groups is 1. The highest BCUT2D eigenvalue weighted by Gasteiger charge is 2.38. The van der Waals surface area contributed by atoms with E-state index in [1.807, 2.05) is 13.0 Å². The number of nitrogens with two attached hydrogens (primary N) is 1. The molecule has 4 rings (SSSR count). The van der Waals surface area contributed by atoms with Gasteiger partial charge in [-0.25, -0.2) is 9.37 Å². The van der Waals surface area contributed by atoms with Crippen molar-refractivity contribution in [2.45, 2.75) is 58.5 Å². The van der Waals surface area contributed by atoms with E-state index < -0.39 is 0 Å². The number of hydrogen-bond acceptors (Lipinski definition) is 5. The van der Waals surface area contributed by atoms with Gasteiger partial charge < -0.3 is 16.0 Å². The molecule has 2 saturated carbocycles. The van der Waals surface area contributed by atoms with E-state index in [0.717, 1.165) is 65.6 Å². The average Bonchev–Trinajstić information content (AvgIpc) is 3.74. The molecule has 1 aromatic heterocycles. The second-order valence-corrected chi connectivity index (χ2v) is 10.3. The molecular weight excluding hydrogens is 437 g/mol. The molecule has 0 radical (unpaired) electrons. The molecule has 3 N–H and O–H groups in total. The number of hydrogen-bond donors (Lipinski definition) is 2. The average molecular weight is 476 g/mol. The largest absolute Gasteiger partial charge is 0.404 e. The molecule has 2 aliphatic rings. The predicted octanol–water partition coefficient (Wildman–Crippen LogP) is 6.10. The van der Waals surface area contributed by atoms with Gasteiger partial charge in [0.25, 0.3) is 0 Å². The second kappa shape index (κ2) is 10.6. The Kier molecular flexibility index (Phi) is 7.58. The van der Waals surface area contributed by atoms with Crippen LogP contribution in [0.25, 0.3) is 5.57 Å². The van der Waals surface area contributed by atoms with Crippen LogP contribution >= 0.6 is 0 Å². The molecule has 2 aliphatic carbocycles. The van der Waals surface area contributed by atoms with Crippen molar-refractivity contribution in [2.24, 2.45) is 22.1 Å². The van der Waals surface area contributed by atoms with Crippen LogP contribution in [0.5, 0.6) is 0 Å². The molecule has 0 spiro atoms. The zero-order chi connectivity index (χ0) is 25.0. The zero-order valence-electron chi connectivity index (χ0n) is 21.2. The van der Waals surface area contributed by atoms with Crippen molar-refractivity contribution >= 4 is 23.3 Å². The molecule has 1 aromatic carbocycles. The maximum Gasteiger partial charge on any atom is 0.128 e. The lowest BCUT2D eigenvalue weighted by Crippen LogP contribution is -2.26. The number of pyridine rings is 1. The molecule has 2 fully saturated rings. The van der Waals surface area contributed by atoms with Crippen molar-refractivity contribution in [1.82, 2.24) is 4.98 Å². The summed E-state index contributed by atoms with van der Waals surface area (Å²) in [7, 11) is 2.12. The quantitative estimate of drug-likeness (QED) is 0.287. The number of halogens is 1. The van der Waals surface area contributed by atoms with E-state index >= 15 is 0 Å². The van der Waals surface area contributed by atoms with E-state index in [1.165, 1.54) is 25.1 Å². The van der Waals surface area contributed by atoms with Crippen LogP contribution in [-0.4, -0.2) is 30.8 Å². The fraction of sp³-hybridized carbons (Fsp3) is 0.448. The summed E-state index contributed by atoms with van der Waals surface area (Å²) in [4.78, 5) is 11.4. The Labute approximate surface area is 209 Å². The van der Waals surface area contributed by atoms with Gasteiger partial charge in [0.15, 0.2) is 0 Å². The van der Waals surface area contributed by atoms with Crippen LogP contribution in [0.2, 0.25) is 0 Å². The number of aryl methyl sites for hydroxylation is 1. The van der Waals surface area contributed by atoms with Gasteiger partial charge in [0.05, 0.1) is 6.04 Å². The topological polar surface area (TPSA) is 66.5 Å². The van der Waals surface area contributed by atoms with Crippen LogP contribution in [0.15, 0.2) is 54.2 Å².